The number of hydrogen-bond acceptors (Lipinski definition) is 3. The van der Waals surface area contributed by atoms with E-state index >= 15 is 0 Å². The quantitative estimate of drug-likeness (QED) is 0.782. The maximum atomic E-state index is 5.35. The van der Waals surface area contributed by atoms with E-state index in [1.807, 2.05) is 18.2 Å². The minimum atomic E-state index is 0.765. The van der Waals surface area contributed by atoms with Gasteiger partial charge < -0.3 is 14.4 Å². The van der Waals surface area contributed by atoms with Gasteiger partial charge in [0.1, 0.15) is 0 Å². The number of rotatable bonds is 7. The average Bonchev–Trinajstić information content (AvgIpc) is 2.56. The van der Waals surface area contributed by atoms with E-state index in [0.29, 0.717) is 0 Å². The van der Waals surface area contributed by atoms with Crippen molar-refractivity contribution in [2.24, 2.45) is 0 Å². The molecule has 0 saturated carbocycles. The summed E-state index contributed by atoms with van der Waals surface area (Å²) in [4.78, 5) is 2.30. The Kier molecular flexibility index (Phi) is 5.83. The molecule has 0 radical (unpaired) electrons. The molecule has 2 rings (SSSR count). The average molecular weight is 311 g/mol. The third kappa shape index (κ3) is 4.60. The molecule has 0 aliphatic rings. The van der Waals surface area contributed by atoms with Crippen molar-refractivity contribution < 1.29 is 9.47 Å². The summed E-state index contributed by atoms with van der Waals surface area (Å²) in [6.07, 6.45) is 0.960. The van der Waals surface area contributed by atoms with Gasteiger partial charge in [-0.05, 0) is 47.2 Å². The minimum absolute atomic E-state index is 0.765. The summed E-state index contributed by atoms with van der Waals surface area (Å²) >= 11 is 0. The molecule has 0 bridgehead atoms. The van der Waals surface area contributed by atoms with Crippen LogP contribution >= 0.6 is 0 Å². The lowest BCUT2D eigenvalue weighted by atomic mass is 10.1. The summed E-state index contributed by atoms with van der Waals surface area (Å²) in [5, 5.41) is 1.98. The molecule has 0 N–H and O–H groups in total. The largest absolute Gasteiger partial charge is 0.493 e. The number of likely N-dealkylation sites (N-methyl/N-ethyl adjacent to an activating group) is 1. The SMILES string of the molecule is C=c1ccc(CN(C)CCc2ccc(OC)c(OC)c2)cc1=C. The molecule has 0 aliphatic carbocycles. The van der Waals surface area contributed by atoms with E-state index < -0.39 is 0 Å². The van der Waals surface area contributed by atoms with Crippen LogP contribution in [0.3, 0.4) is 0 Å². The molecule has 3 nitrogen and oxygen atoms in total. The molecule has 2 aromatic rings. The van der Waals surface area contributed by atoms with Gasteiger partial charge in [-0.3, -0.25) is 0 Å². The maximum Gasteiger partial charge on any atom is 0.160 e. The Morgan fingerprint density at radius 2 is 1.57 bits per heavy atom. The molecule has 0 unspecified atom stereocenters. The lowest BCUT2D eigenvalue weighted by Gasteiger charge is -2.17. The van der Waals surface area contributed by atoms with Crippen LogP contribution in [0.25, 0.3) is 13.2 Å². The van der Waals surface area contributed by atoms with Gasteiger partial charge in [-0.15, -0.1) is 0 Å². The third-order valence-corrected chi connectivity index (χ3v) is 3.95. The molecule has 0 aromatic heterocycles. The Bertz CT molecular complexity index is 755. The molecule has 2 aromatic carbocycles. The molecule has 0 fully saturated rings. The second kappa shape index (κ2) is 7.84. The van der Waals surface area contributed by atoms with Crippen LogP contribution in [0.4, 0.5) is 0 Å². The summed E-state index contributed by atoms with van der Waals surface area (Å²) in [5.74, 6) is 1.54. The molecule has 3 heteroatoms. The molecule has 0 saturated heterocycles. The highest BCUT2D eigenvalue weighted by Gasteiger charge is 2.06. The normalized spacial score (nSPS) is 10.8. The molecule has 23 heavy (non-hydrogen) atoms. The number of methoxy groups -OCH3 is 2. The summed E-state index contributed by atoms with van der Waals surface area (Å²) in [6.45, 7) is 9.82. The zero-order valence-corrected chi connectivity index (χ0v) is 14.3. The van der Waals surface area contributed by atoms with E-state index in [1.165, 1.54) is 11.1 Å². The van der Waals surface area contributed by atoms with E-state index in [9.17, 15) is 0 Å². The van der Waals surface area contributed by atoms with Crippen LogP contribution < -0.4 is 19.9 Å². The van der Waals surface area contributed by atoms with Crippen LogP contribution in [0.5, 0.6) is 11.5 Å². The van der Waals surface area contributed by atoms with E-state index in [4.69, 9.17) is 9.47 Å². The molecular formula is C20H25NO2. The van der Waals surface area contributed by atoms with Gasteiger partial charge >= 0.3 is 0 Å². The topological polar surface area (TPSA) is 21.7 Å². The first kappa shape index (κ1) is 17.1. The van der Waals surface area contributed by atoms with Gasteiger partial charge in [-0.2, -0.15) is 0 Å². The van der Waals surface area contributed by atoms with Crippen molar-refractivity contribution >= 4 is 13.2 Å². The smallest absolute Gasteiger partial charge is 0.160 e. The first-order chi connectivity index (χ1) is 11.0. The van der Waals surface area contributed by atoms with E-state index in [0.717, 1.165) is 41.4 Å². The maximum absolute atomic E-state index is 5.35. The van der Waals surface area contributed by atoms with Gasteiger partial charge in [-0.25, -0.2) is 0 Å². The van der Waals surface area contributed by atoms with E-state index in [-0.39, 0.29) is 0 Å². The summed E-state index contributed by atoms with van der Waals surface area (Å²) in [6, 6.07) is 12.3. The Hall–Kier alpha value is -2.26. The Labute approximate surface area is 138 Å². The molecule has 0 aliphatic heterocycles. The van der Waals surface area contributed by atoms with Crippen molar-refractivity contribution in [3.05, 3.63) is 58.0 Å². The number of ether oxygens (including phenoxy) is 2. The van der Waals surface area contributed by atoms with Gasteiger partial charge in [0.2, 0.25) is 0 Å². The lowest BCUT2D eigenvalue weighted by Crippen LogP contribution is -2.25. The zero-order chi connectivity index (χ0) is 16.8. The highest BCUT2D eigenvalue weighted by Crippen LogP contribution is 2.27. The number of nitrogens with zero attached hydrogens (tertiary/aromatic N) is 1. The first-order valence-electron chi connectivity index (χ1n) is 7.69. The van der Waals surface area contributed by atoms with Crippen LogP contribution in [0, 0.1) is 0 Å². The van der Waals surface area contributed by atoms with Crippen LogP contribution in [0.15, 0.2) is 36.4 Å². The molecule has 122 valence electrons. The summed E-state index contributed by atoms with van der Waals surface area (Å²) < 4.78 is 10.6. The summed E-state index contributed by atoms with van der Waals surface area (Å²) in [5.41, 5.74) is 2.50. The molecule has 0 atom stereocenters. The van der Waals surface area contributed by atoms with Crippen LogP contribution in [-0.2, 0) is 13.0 Å². The molecular weight excluding hydrogens is 286 g/mol. The second-order valence-corrected chi connectivity index (χ2v) is 5.78. The van der Waals surface area contributed by atoms with Gasteiger partial charge in [0.15, 0.2) is 11.5 Å². The van der Waals surface area contributed by atoms with Gasteiger partial charge in [-0.1, -0.05) is 37.4 Å². The van der Waals surface area contributed by atoms with Crippen molar-refractivity contribution in [3.63, 3.8) is 0 Å². The standard InChI is InChI=1S/C20H25NO2/c1-15-6-7-18(12-16(15)2)14-21(3)11-10-17-8-9-19(22-4)20(13-17)23-5/h6-9,12-13H,1-2,10-11,14H2,3-5H3. The van der Waals surface area contributed by atoms with Crippen LogP contribution in [-0.4, -0.2) is 32.7 Å². The van der Waals surface area contributed by atoms with Gasteiger partial charge in [0.05, 0.1) is 14.2 Å². The fourth-order valence-corrected chi connectivity index (χ4v) is 2.52. The zero-order valence-electron chi connectivity index (χ0n) is 14.3. The highest BCUT2D eigenvalue weighted by molar-refractivity contribution is 5.42. The predicted octanol–water partition coefficient (Wildman–Crippen LogP) is 2.20. The van der Waals surface area contributed by atoms with Crippen molar-refractivity contribution in [2.75, 3.05) is 27.8 Å². The second-order valence-electron chi connectivity index (χ2n) is 5.78. The number of hydrogen-bond donors (Lipinski definition) is 0. The third-order valence-electron chi connectivity index (χ3n) is 3.95. The first-order valence-corrected chi connectivity index (χ1v) is 7.69. The van der Waals surface area contributed by atoms with Crippen molar-refractivity contribution in [2.45, 2.75) is 13.0 Å². The number of benzene rings is 2. The van der Waals surface area contributed by atoms with Gasteiger partial charge in [0.25, 0.3) is 0 Å². The highest BCUT2D eigenvalue weighted by atomic mass is 16.5. The Morgan fingerprint density at radius 1 is 0.870 bits per heavy atom. The fraction of sp³-hybridized carbons (Fsp3) is 0.300. The lowest BCUT2D eigenvalue weighted by molar-refractivity contribution is 0.330. The monoisotopic (exact) mass is 311 g/mol. The molecule has 0 heterocycles. The van der Waals surface area contributed by atoms with E-state index in [1.54, 1.807) is 14.2 Å². The van der Waals surface area contributed by atoms with Crippen molar-refractivity contribution in [1.29, 1.82) is 0 Å². The minimum Gasteiger partial charge on any atom is -0.493 e. The van der Waals surface area contributed by atoms with E-state index in [2.05, 4.69) is 43.3 Å². The van der Waals surface area contributed by atoms with Crippen molar-refractivity contribution in [1.82, 2.24) is 4.90 Å². The van der Waals surface area contributed by atoms with Gasteiger partial charge in [0, 0.05) is 13.1 Å². The molecule has 0 spiro atoms. The van der Waals surface area contributed by atoms with Crippen LogP contribution in [0.2, 0.25) is 0 Å². The summed E-state index contributed by atoms with van der Waals surface area (Å²) in [7, 11) is 5.44. The Morgan fingerprint density at radius 3 is 2.22 bits per heavy atom. The Balaban J connectivity index is 1.96. The molecule has 0 amide bonds. The van der Waals surface area contributed by atoms with Crippen molar-refractivity contribution in [3.8, 4) is 11.5 Å². The van der Waals surface area contributed by atoms with Crippen LogP contribution in [0.1, 0.15) is 11.1 Å². The predicted molar refractivity (Wildman–Crippen MR) is 96.3 cm³/mol. The fourth-order valence-electron chi connectivity index (χ4n) is 2.52.